The average molecular weight is 289 g/mol. The normalized spacial score (nSPS) is 13.3. The van der Waals surface area contributed by atoms with Gasteiger partial charge in [-0.15, -0.1) is 0 Å². The molecule has 0 amide bonds. The molecule has 2 aromatic heterocycles. The van der Waals surface area contributed by atoms with Gasteiger partial charge in [0.25, 0.3) is 0 Å². The van der Waals surface area contributed by atoms with Gasteiger partial charge in [0.15, 0.2) is 0 Å². The van der Waals surface area contributed by atoms with Gasteiger partial charge in [0.2, 0.25) is 0 Å². The van der Waals surface area contributed by atoms with Crippen LogP contribution in [-0.4, -0.2) is 16.4 Å². The Morgan fingerprint density at radius 2 is 2.33 bits per heavy atom. The maximum absolute atomic E-state index is 5.94. The van der Waals surface area contributed by atoms with Crippen LogP contribution in [0.4, 0.5) is 0 Å². The summed E-state index contributed by atoms with van der Waals surface area (Å²) in [7, 11) is 1.91. The van der Waals surface area contributed by atoms with Crippen molar-refractivity contribution in [2.75, 3.05) is 7.05 Å². The molecule has 0 aliphatic heterocycles. The predicted molar refractivity (Wildman–Crippen MR) is 65.4 cm³/mol. The molecule has 0 fully saturated rings. The van der Waals surface area contributed by atoms with E-state index in [1.807, 2.05) is 29.8 Å². The number of nitrogens with zero attached hydrogens (tertiary/aromatic N) is 2. The van der Waals surface area contributed by atoms with Gasteiger partial charge in [0.05, 0.1) is 11.6 Å². The smallest absolute Gasteiger partial charge is 0.132 e. The quantitative estimate of drug-likeness (QED) is 0.920. The van der Waals surface area contributed by atoms with Crippen molar-refractivity contribution in [3.63, 3.8) is 0 Å². The number of pyridine rings is 1. The number of imidazole rings is 1. The van der Waals surface area contributed by atoms with Gasteiger partial charge in [-0.25, -0.2) is 4.98 Å². The van der Waals surface area contributed by atoms with Gasteiger partial charge in [-0.3, -0.25) is 0 Å². The molecule has 3 nitrogen and oxygen atoms in total. The van der Waals surface area contributed by atoms with E-state index in [2.05, 4.69) is 33.2 Å². The molecule has 0 radical (unpaired) electrons. The van der Waals surface area contributed by atoms with Crippen LogP contribution in [0.15, 0.2) is 22.9 Å². The lowest BCUT2D eigenvalue weighted by Crippen LogP contribution is -2.15. The van der Waals surface area contributed by atoms with Crippen LogP contribution >= 0.6 is 27.5 Å². The van der Waals surface area contributed by atoms with E-state index in [9.17, 15) is 0 Å². The summed E-state index contributed by atoms with van der Waals surface area (Å²) in [5.74, 6) is 0.969. The van der Waals surface area contributed by atoms with Gasteiger partial charge < -0.3 is 9.72 Å². The van der Waals surface area contributed by atoms with Crippen molar-refractivity contribution in [1.82, 2.24) is 14.7 Å². The molecule has 0 aliphatic carbocycles. The zero-order chi connectivity index (χ0) is 11.0. The summed E-state index contributed by atoms with van der Waals surface area (Å²) in [6.45, 7) is 2.07. The second-order valence-electron chi connectivity index (χ2n) is 3.37. The summed E-state index contributed by atoms with van der Waals surface area (Å²) in [6.07, 6.45) is 1.93. The van der Waals surface area contributed by atoms with E-state index >= 15 is 0 Å². The first-order valence-electron chi connectivity index (χ1n) is 4.63. The molecule has 2 aromatic rings. The summed E-state index contributed by atoms with van der Waals surface area (Å²) in [5.41, 5.74) is 0.986. The van der Waals surface area contributed by atoms with Crippen LogP contribution in [0, 0.1) is 0 Å². The van der Waals surface area contributed by atoms with Crippen molar-refractivity contribution in [3.05, 3.63) is 33.8 Å². The van der Waals surface area contributed by atoms with Crippen LogP contribution in [-0.2, 0) is 0 Å². The molecule has 1 unspecified atom stereocenters. The third kappa shape index (κ3) is 1.89. The lowest BCUT2D eigenvalue weighted by molar-refractivity contribution is 0.607. The molecule has 0 spiro atoms. The van der Waals surface area contributed by atoms with Gasteiger partial charge >= 0.3 is 0 Å². The number of hydrogen-bond acceptors (Lipinski definition) is 2. The Balaban J connectivity index is 2.68. The van der Waals surface area contributed by atoms with Crippen LogP contribution < -0.4 is 5.32 Å². The molecule has 1 atom stereocenters. The first-order valence-corrected chi connectivity index (χ1v) is 5.81. The minimum Gasteiger partial charge on any atom is -0.311 e. The summed E-state index contributed by atoms with van der Waals surface area (Å²) < 4.78 is 2.85. The third-order valence-electron chi connectivity index (χ3n) is 2.41. The highest BCUT2D eigenvalue weighted by Gasteiger charge is 2.13. The van der Waals surface area contributed by atoms with E-state index in [1.165, 1.54) is 0 Å². The van der Waals surface area contributed by atoms with Gasteiger partial charge in [-0.05, 0) is 42.0 Å². The Bertz CT molecular complexity index is 495. The highest BCUT2D eigenvalue weighted by atomic mass is 79.9. The molecule has 5 heteroatoms. The van der Waals surface area contributed by atoms with Crippen molar-refractivity contribution in [1.29, 1.82) is 0 Å². The number of nitrogens with one attached hydrogen (secondary N) is 1. The molecule has 0 saturated heterocycles. The number of hydrogen-bond donors (Lipinski definition) is 1. The van der Waals surface area contributed by atoms with Gasteiger partial charge in [0, 0.05) is 11.2 Å². The van der Waals surface area contributed by atoms with Gasteiger partial charge in [0.1, 0.15) is 10.4 Å². The Morgan fingerprint density at radius 3 is 3.00 bits per heavy atom. The second-order valence-corrected chi connectivity index (χ2v) is 4.56. The van der Waals surface area contributed by atoms with Crippen molar-refractivity contribution in [2.45, 2.75) is 13.0 Å². The first kappa shape index (κ1) is 10.9. The van der Waals surface area contributed by atoms with E-state index in [0.717, 1.165) is 15.9 Å². The molecular formula is C10H11BrClN3. The zero-order valence-corrected chi connectivity index (χ0v) is 10.8. The first-order chi connectivity index (χ1) is 7.13. The van der Waals surface area contributed by atoms with E-state index in [0.29, 0.717) is 5.02 Å². The standard InChI is InChI=1S/C10H11BrClN3/c1-6(13-2)10-14-9(11)8-5-7(12)3-4-15(8)10/h3-6,13H,1-2H3. The highest BCUT2D eigenvalue weighted by Crippen LogP contribution is 2.24. The lowest BCUT2D eigenvalue weighted by Gasteiger charge is -2.08. The monoisotopic (exact) mass is 287 g/mol. The zero-order valence-electron chi connectivity index (χ0n) is 8.46. The molecule has 0 bridgehead atoms. The molecule has 2 rings (SSSR count). The Morgan fingerprint density at radius 1 is 1.60 bits per heavy atom. The predicted octanol–water partition coefficient (Wildman–Crippen LogP) is 3.03. The van der Waals surface area contributed by atoms with Crippen LogP contribution in [0.3, 0.4) is 0 Å². The summed E-state index contributed by atoms with van der Waals surface area (Å²) in [5, 5.41) is 3.88. The van der Waals surface area contributed by atoms with Crippen molar-refractivity contribution in [2.24, 2.45) is 0 Å². The Kier molecular flexibility index (Phi) is 3.00. The Labute approximate surface area is 102 Å². The van der Waals surface area contributed by atoms with Crippen molar-refractivity contribution >= 4 is 33.0 Å². The minimum atomic E-state index is 0.199. The van der Waals surface area contributed by atoms with E-state index in [1.54, 1.807) is 0 Å². The second kappa shape index (κ2) is 4.12. The van der Waals surface area contributed by atoms with Crippen molar-refractivity contribution in [3.8, 4) is 0 Å². The molecule has 2 heterocycles. The van der Waals surface area contributed by atoms with E-state index < -0.39 is 0 Å². The topological polar surface area (TPSA) is 29.3 Å². The average Bonchev–Trinajstić information content (AvgIpc) is 2.55. The minimum absolute atomic E-state index is 0.199. The lowest BCUT2D eigenvalue weighted by atomic mass is 10.3. The SMILES string of the molecule is CNC(C)c1nc(Br)c2cc(Cl)ccn12. The maximum Gasteiger partial charge on any atom is 0.132 e. The molecule has 0 saturated carbocycles. The van der Waals surface area contributed by atoms with Crippen molar-refractivity contribution < 1.29 is 0 Å². The number of halogens is 2. The highest BCUT2D eigenvalue weighted by molar-refractivity contribution is 9.10. The van der Waals surface area contributed by atoms with Gasteiger partial charge in [-0.2, -0.15) is 0 Å². The summed E-state index contributed by atoms with van der Waals surface area (Å²) in [6, 6.07) is 3.95. The summed E-state index contributed by atoms with van der Waals surface area (Å²) >= 11 is 9.37. The molecular weight excluding hydrogens is 277 g/mol. The summed E-state index contributed by atoms with van der Waals surface area (Å²) in [4.78, 5) is 4.46. The Hall–Kier alpha value is -0.580. The fourth-order valence-corrected chi connectivity index (χ4v) is 2.13. The van der Waals surface area contributed by atoms with Gasteiger partial charge in [-0.1, -0.05) is 11.6 Å². The molecule has 15 heavy (non-hydrogen) atoms. The van der Waals surface area contributed by atoms with Crippen LogP contribution in [0.2, 0.25) is 5.02 Å². The molecule has 1 N–H and O–H groups in total. The van der Waals surface area contributed by atoms with Crippen LogP contribution in [0.5, 0.6) is 0 Å². The fourth-order valence-electron chi connectivity index (χ4n) is 1.48. The maximum atomic E-state index is 5.94. The van der Waals surface area contributed by atoms with E-state index in [4.69, 9.17) is 11.6 Å². The molecule has 0 aliphatic rings. The number of rotatable bonds is 2. The third-order valence-corrected chi connectivity index (χ3v) is 3.23. The van der Waals surface area contributed by atoms with Crippen LogP contribution in [0.25, 0.3) is 5.52 Å². The number of fused-ring (bicyclic) bond motifs is 1. The van der Waals surface area contributed by atoms with Crippen LogP contribution in [0.1, 0.15) is 18.8 Å². The molecule has 0 aromatic carbocycles. The molecule has 80 valence electrons. The largest absolute Gasteiger partial charge is 0.311 e. The number of aromatic nitrogens is 2. The fraction of sp³-hybridized carbons (Fsp3) is 0.300. The van der Waals surface area contributed by atoms with E-state index in [-0.39, 0.29) is 6.04 Å².